The number of aliphatic hydroxyl groups excluding tert-OH is 1. The van der Waals surface area contributed by atoms with Gasteiger partial charge in [-0.2, -0.15) is 0 Å². The molecule has 0 aromatic heterocycles. The summed E-state index contributed by atoms with van der Waals surface area (Å²) in [5, 5.41) is 18.4. The van der Waals surface area contributed by atoms with E-state index in [-0.39, 0.29) is 6.42 Å². The quantitative estimate of drug-likeness (QED) is 0.336. The van der Waals surface area contributed by atoms with Gasteiger partial charge in [0.05, 0.1) is 6.10 Å². The van der Waals surface area contributed by atoms with E-state index in [2.05, 4.69) is 25.2 Å². The predicted octanol–water partition coefficient (Wildman–Crippen LogP) is 5.27. The summed E-state index contributed by atoms with van der Waals surface area (Å²) < 4.78 is 0. The highest BCUT2D eigenvalue weighted by Crippen LogP contribution is 2.42. The Morgan fingerprint density at radius 2 is 1.88 bits per heavy atom. The van der Waals surface area contributed by atoms with E-state index in [0.717, 1.165) is 12.3 Å². The number of hydrogen-bond acceptors (Lipinski definition) is 2. The number of aliphatic carboxylic acids is 1. The number of aliphatic hydroxyl groups is 1. The summed E-state index contributed by atoms with van der Waals surface area (Å²) >= 11 is 0. The largest absolute Gasteiger partial charge is 0.481 e. The van der Waals surface area contributed by atoms with E-state index in [1.165, 1.54) is 38.5 Å². The highest BCUT2D eigenvalue weighted by Gasteiger charge is 2.33. The molecular weight excluding hydrogens is 300 g/mol. The average Bonchev–Trinajstić information content (AvgIpc) is 3.30. The summed E-state index contributed by atoms with van der Waals surface area (Å²) in [6, 6.07) is 0. The minimum atomic E-state index is -0.749. The molecule has 1 aliphatic carbocycles. The standard InChI is InChI=1S/C21H34O3/c1-2-3-4-5-6-9-12-18-17-19(18)15-16-20(22)13-10-7-8-11-14-21(23)24/h6-7,9-10,15-16,18-20,22H,2-5,8,11-14,17H2,1H3,(H,23,24)/b9-6-,10-7-,16-15+/t18?,19?,20-/m0/s1. The number of allylic oxidation sites excluding steroid dienone is 4. The molecule has 0 aromatic rings. The van der Waals surface area contributed by atoms with Gasteiger partial charge < -0.3 is 10.2 Å². The minimum Gasteiger partial charge on any atom is -0.481 e. The lowest BCUT2D eigenvalue weighted by Gasteiger charge is -2.00. The van der Waals surface area contributed by atoms with Crippen molar-refractivity contribution in [2.24, 2.45) is 11.8 Å². The molecule has 136 valence electrons. The molecule has 3 atom stereocenters. The Bertz CT molecular complexity index is 423. The zero-order chi connectivity index (χ0) is 17.6. The molecule has 0 radical (unpaired) electrons. The third-order valence-corrected chi connectivity index (χ3v) is 4.44. The van der Waals surface area contributed by atoms with E-state index in [4.69, 9.17) is 5.11 Å². The Kier molecular flexibility index (Phi) is 11.2. The second-order valence-corrected chi connectivity index (χ2v) is 6.81. The molecule has 1 saturated carbocycles. The Labute approximate surface area is 147 Å². The topological polar surface area (TPSA) is 57.5 Å². The molecule has 24 heavy (non-hydrogen) atoms. The van der Waals surface area contributed by atoms with Crippen LogP contribution in [-0.2, 0) is 4.79 Å². The molecule has 0 amide bonds. The molecule has 2 N–H and O–H groups in total. The van der Waals surface area contributed by atoms with Crippen molar-refractivity contribution in [3.8, 4) is 0 Å². The van der Waals surface area contributed by atoms with Gasteiger partial charge in [-0.05, 0) is 56.8 Å². The van der Waals surface area contributed by atoms with Crippen molar-refractivity contribution in [3.05, 3.63) is 36.5 Å². The fourth-order valence-corrected chi connectivity index (χ4v) is 2.75. The highest BCUT2D eigenvalue weighted by atomic mass is 16.4. The van der Waals surface area contributed by atoms with Gasteiger partial charge in [0.2, 0.25) is 0 Å². The van der Waals surface area contributed by atoms with Crippen LogP contribution >= 0.6 is 0 Å². The van der Waals surface area contributed by atoms with E-state index < -0.39 is 12.1 Å². The van der Waals surface area contributed by atoms with Crippen molar-refractivity contribution in [2.45, 2.75) is 77.2 Å². The summed E-state index contributed by atoms with van der Waals surface area (Å²) in [5.41, 5.74) is 0. The molecule has 0 spiro atoms. The van der Waals surface area contributed by atoms with Gasteiger partial charge in [-0.1, -0.05) is 56.2 Å². The first-order chi connectivity index (χ1) is 11.6. The molecule has 3 heteroatoms. The fourth-order valence-electron chi connectivity index (χ4n) is 2.75. The van der Waals surface area contributed by atoms with Crippen molar-refractivity contribution in [1.82, 2.24) is 0 Å². The van der Waals surface area contributed by atoms with E-state index in [1.54, 1.807) is 0 Å². The third-order valence-electron chi connectivity index (χ3n) is 4.44. The molecule has 0 heterocycles. The second kappa shape index (κ2) is 13.0. The fraction of sp³-hybridized carbons (Fsp3) is 0.667. The second-order valence-electron chi connectivity index (χ2n) is 6.81. The number of carboxylic acids is 1. The normalized spacial score (nSPS) is 21.9. The van der Waals surface area contributed by atoms with Gasteiger partial charge in [0.1, 0.15) is 0 Å². The molecule has 0 bridgehead atoms. The average molecular weight is 335 g/mol. The summed E-state index contributed by atoms with van der Waals surface area (Å²) in [4.78, 5) is 10.4. The van der Waals surface area contributed by atoms with E-state index in [1.807, 2.05) is 18.2 Å². The zero-order valence-corrected chi connectivity index (χ0v) is 15.1. The predicted molar refractivity (Wildman–Crippen MR) is 99.9 cm³/mol. The number of rotatable bonds is 14. The molecule has 0 aromatic carbocycles. The van der Waals surface area contributed by atoms with Gasteiger partial charge >= 0.3 is 5.97 Å². The lowest BCUT2D eigenvalue weighted by molar-refractivity contribution is -0.137. The third kappa shape index (κ3) is 11.2. The minimum absolute atomic E-state index is 0.211. The van der Waals surface area contributed by atoms with Gasteiger partial charge in [-0.3, -0.25) is 4.79 Å². The summed E-state index contributed by atoms with van der Waals surface area (Å²) in [5.74, 6) is 0.656. The summed E-state index contributed by atoms with van der Waals surface area (Å²) in [6.45, 7) is 2.23. The lowest BCUT2D eigenvalue weighted by atomic mass is 10.1. The van der Waals surface area contributed by atoms with Gasteiger partial charge in [0.15, 0.2) is 0 Å². The molecule has 0 saturated heterocycles. The number of carboxylic acid groups (broad SMARTS) is 1. The van der Waals surface area contributed by atoms with Crippen molar-refractivity contribution in [3.63, 3.8) is 0 Å². The number of carbonyl (C=O) groups is 1. The first-order valence-corrected chi connectivity index (χ1v) is 9.51. The van der Waals surface area contributed by atoms with Gasteiger partial charge in [-0.25, -0.2) is 0 Å². The maximum atomic E-state index is 10.4. The maximum absolute atomic E-state index is 10.4. The van der Waals surface area contributed by atoms with Crippen LogP contribution in [0.3, 0.4) is 0 Å². The van der Waals surface area contributed by atoms with Crippen LogP contribution in [0.25, 0.3) is 0 Å². The molecular formula is C21H34O3. The highest BCUT2D eigenvalue weighted by molar-refractivity contribution is 5.66. The van der Waals surface area contributed by atoms with Gasteiger partial charge in [-0.15, -0.1) is 0 Å². The SMILES string of the molecule is CCCCC/C=C\CC1CC1/C=C/[C@@H](O)C/C=C\CCCC(=O)O. The van der Waals surface area contributed by atoms with Crippen molar-refractivity contribution < 1.29 is 15.0 Å². The molecule has 3 nitrogen and oxygen atoms in total. The van der Waals surface area contributed by atoms with Crippen LogP contribution < -0.4 is 0 Å². The first kappa shape index (κ1) is 20.7. The Balaban J connectivity index is 2.04. The molecule has 0 aliphatic heterocycles. The molecule has 2 unspecified atom stereocenters. The number of hydrogen-bond donors (Lipinski definition) is 2. The van der Waals surface area contributed by atoms with Crippen LogP contribution in [0, 0.1) is 11.8 Å². The van der Waals surface area contributed by atoms with Crippen LogP contribution in [0.15, 0.2) is 36.5 Å². The van der Waals surface area contributed by atoms with Crippen LogP contribution in [0.2, 0.25) is 0 Å². The van der Waals surface area contributed by atoms with Gasteiger partial charge in [0.25, 0.3) is 0 Å². The van der Waals surface area contributed by atoms with E-state index in [0.29, 0.717) is 18.8 Å². The van der Waals surface area contributed by atoms with Crippen LogP contribution in [0.4, 0.5) is 0 Å². The van der Waals surface area contributed by atoms with E-state index >= 15 is 0 Å². The maximum Gasteiger partial charge on any atom is 0.303 e. The van der Waals surface area contributed by atoms with E-state index in [9.17, 15) is 9.90 Å². The van der Waals surface area contributed by atoms with Crippen LogP contribution in [0.5, 0.6) is 0 Å². The Morgan fingerprint density at radius 1 is 1.12 bits per heavy atom. The zero-order valence-electron chi connectivity index (χ0n) is 15.1. The van der Waals surface area contributed by atoms with Crippen LogP contribution in [0.1, 0.15) is 71.1 Å². The Hall–Kier alpha value is -1.35. The van der Waals surface area contributed by atoms with Crippen molar-refractivity contribution in [2.75, 3.05) is 0 Å². The summed E-state index contributed by atoms with van der Waals surface area (Å²) in [7, 11) is 0. The lowest BCUT2D eigenvalue weighted by Crippen LogP contribution is -1.99. The molecule has 1 aliphatic rings. The summed E-state index contributed by atoms with van der Waals surface area (Å²) in [6.07, 6.45) is 22.0. The van der Waals surface area contributed by atoms with Gasteiger partial charge in [0, 0.05) is 6.42 Å². The molecule has 1 fully saturated rings. The smallest absolute Gasteiger partial charge is 0.303 e. The molecule has 1 rings (SSSR count). The van der Waals surface area contributed by atoms with Crippen LogP contribution in [-0.4, -0.2) is 22.3 Å². The van der Waals surface area contributed by atoms with Crippen molar-refractivity contribution in [1.29, 1.82) is 0 Å². The Morgan fingerprint density at radius 3 is 2.62 bits per heavy atom. The first-order valence-electron chi connectivity index (χ1n) is 9.51. The van der Waals surface area contributed by atoms with Crippen molar-refractivity contribution >= 4 is 5.97 Å². The number of unbranched alkanes of at least 4 members (excludes halogenated alkanes) is 4. The monoisotopic (exact) mass is 334 g/mol.